The Kier molecular flexibility index (Phi) is 3.15. The van der Waals surface area contributed by atoms with E-state index in [0.717, 1.165) is 12.8 Å². The van der Waals surface area contributed by atoms with Crippen molar-refractivity contribution in [1.29, 1.82) is 5.26 Å². The number of imide groups is 1. The summed E-state index contributed by atoms with van der Waals surface area (Å²) in [7, 11) is 0. The SMILES string of the molecule is N#Cc1ccc(N2C(=O)[C@@H]3C4C[C@H](CN4C(=O)C4CC4)N3C2=O)c2cccnc12. The van der Waals surface area contributed by atoms with Gasteiger partial charge in [0.1, 0.15) is 12.1 Å². The molecule has 0 spiro atoms. The van der Waals surface area contributed by atoms with Crippen LogP contribution in [0.5, 0.6) is 0 Å². The maximum absolute atomic E-state index is 13.4. The van der Waals surface area contributed by atoms with Crippen LogP contribution in [0.3, 0.4) is 0 Å². The van der Waals surface area contributed by atoms with Gasteiger partial charge < -0.3 is 9.80 Å². The minimum Gasteiger partial charge on any atom is -0.335 e. The number of benzene rings is 1. The number of carbonyl (C=O) groups excluding carboxylic acids is 3. The van der Waals surface area contributed by atoms with E-state index in [4.69, 9.17) is 0 Å². The maximum Gasteiger partial charge on any atom is 0.332 e. The Hall–Kier alpha value is -3.47. The third-order valence-corrected chi connectivity index (χ3v) is 6.58. The van der Waals surface area contributed by atoms with Crippen LogP contribution in [0.15, 0.2) is 30.5 Å². The largest absolute Gasteiger partial charge is 0.335 e. The number of aromatic nitrogens is 1. The number of piperazine rings is 1. The number of nitrogens with zero attached hydrogens (tertiary/aromatic N) is 5. The van der Waals surface area contributed by atoms with E-state index in [2.05, 4.69) is 11.1 Å². The van der Waals surface area contributed by atoms with E-state index in [1.165, 1.54) is 4.90 Å². The first-order valence-electron chi connectivity index (χ1n) is 9.84. The molecular formula is C21H17N5O3. The van der Waals surface area contributed by atoms with Gasteiger partial charge in [-0.25, -0.2) is 9.69 Å². The van der Waals surface area contributed by atoms with Gasteiger partial charge in [0.05, 0.1) is 28.9 Å². The molecule has 1 aromatic carbocycles. The van der Waals surface area contributed by atoms with Crippen molar-refractivity contribution in [3.63, 3.8) is 0 Å². The second-order valence-electron chi connectivity index (χ2n) is 8.17. The van der Waals surface area contributed by atoms with Crippen molar-refractivity contribution >= 4 is 34.4 Å². The molecule has 144 valence electrons. The third-order valence-electron chi connectivity index (χ3n) is 6.58. The Morgan fingerprint density at radius 3 is 2.79 bits per heavy atom. The number of nitriles is 1. The Bertz CT molecular complexity index is 1150. The molecule has 29 heavy (non-hydrogen) atoms. The van der Waals surface area contributed by atoms with Crippen LogP contribution in [0.4, 0.5) is 10.5 Å². The van der Waals surface area contributed by atoms with Crippen molar-refractivity contribution in [3.05, 3.63) is 36.0 Å². The van der Waals surface area contributed by atoms with Crippen molar-refractivity contribution in [2.45, 2.75) is 37.4 Å². The zero-order chi connectivity index (χ0) is 19.9. The highest BCUT2D eigenvalue weighted by atomic mass is 16.2. The zero-order valence-electron chi connectivity index (χ0n) is 15.5. The van der Waals surface area contributed by atoms with E-state index in [9.17, 15) is 19.6 Å². The van der Waals surface area contributed by atoms with Crippen LogP contribution in [0.1, 0.15) is 24.8 Å². The molecule has 8 nitrogen and oxygen atoms in total. The zero-order valence-corrected chi connectivity index (χ0v) is 15.5. The fourth-order valence-corrected chi connectivity index (χ4v) is 5.14. The highest BCUT2D eigenvalue weighted by Crippen LogP contribution is 2.45. The molecule has 6 rings (SSSR count). The van der Waals surface area contributed by atoms with Gasteiger partial charge in [0.25, 0.3) is 5.91 Å². The summed E-state index contributed by atoms with van der Waals surface area (Å²) in [6, 6.07) is 7.49. The molecule has 1 aliphatic carbocycles. The fourth-order valence-electron chi connectivity index (χ4n) is 5.14. The Labute approximate surface area is 166 Å². The monoisotopic (exact) mass is 387 g/mol. The quantitative estimate of drug-likeness (QED) is 0.730. The molecule has 4 amide bonds. The number of anilines is 1. The van der Waals surface area contributed by atoms with Gasteiger partial charge in [-0.15, -0.1) is 0 Å². The molecule has 1 unspecified atom stereocenters. The first-order valence-corrected chi connectivity index (χ1v) is 9.84. The molecule has 1 saturated carbocycles. The molecule has 3 atom stereocenters. The van der Waals surface area contributed by atoms with Gasteiger partial charge in [-0.3, -0.25) is 14.6 Å². The molecule has 3 saturated heterocycles. The Morgan fingerprint density at radius 2 is 2.03 bits per heavy atom. The van der Waals surface area contributed by atoms with E-state index in [0.29, 0.717) is 35.1 Å². The predicted octanol–water partition coefficient (Wildman–Crippen LogP) is 1.64. The van der Waals surface area contributed by atoms with Crippen LogP contribution >= 0.6 is 0 Å². The van der Waals surface area contributed by atoms with Crippen LogP contribution in [0, 0.1) is 17.2 Å². The summed E-state index contributed by atoms with van der Waals surface area (Å²) in [5, 5.41) is 9.94. The second kappa shape index (κ2) is 5.54. The van der Waals surface area contributed by atoms with Crippen LogP contribution in [-0.2, 0) is 9.59 Å². The van der Waals surface area contributed by atoms with Gasteiger partial charge in [-0.05, 0) is 43.5 Å². The summed E-state index contributed by atoms with van der Waals surface area (Å²) in [4.78, 5) is 48.2. The average molecular weight is 387 g/mol. The number of likely N-dealkylation sites (tertiary alicyclic amines) is 1. The molecule has 8 heteroatoms. The minimum atomic E-state index is -0.619. The number of rotatable bonds is 2. The fraction of sp³-hybridized carbons (Fsp3) is 0.381. The van der Waals surface area contributed by atoms with Crippen LogP contribution in [0.25, 0.3) is 10.9 Å². The molecule has 4 heterocycles. The molecule has 0 N–H and O–H groups in total. The molecule has 2 bridgehead atoms. The minimum absolute atomic E-state index is 0.0969. The maximum atomic E-state index is 13.4. The third kappa shape index (κ3) is 2.07. The van der Waals surface area contributed by atoms with Crippen molar-refractivity contribution in [2.24, 2.45) is 5.92 Å². The van der Waals surface area contributed by atoms with Crippen LogP contribution < -0.4 is 4.90 Å². The lowest BCUT2D eigenvalue weighted by atomic mass is 10.1. The number of hydrogen-bond acceptors (Lipinski definition) is 5. The molecule has 0 radical (unpaired) electrons. The molecular weight excluding hydrogens is 370 g/mol. The number of urea groups is 1. The first-order chi connectivity index (χ1) is 14.1. The standard InChI is InChI=1S/C21H17N5O3/c22-9-12-5-6-15(14-2-1-7-23-17(12)14)26-20(28)18-16-8-13(25(18)21(26)29)10-24(16)19(27)11-3-4-11/h1-2,5-7,11,13,16,18H,3-4,8,10H2/t13-,16?,18+/m1/s1. The molecule has 4 fully saturated rings. The van der Waals surface area contributed by atoms with Gasteiger partial charge >= 0.3 is 6.03 Å². The van der Waals surface area contributed by atoms with Crippen LogP contribution in [-0.4, -0.2) is 57.3 Å². The average Bonchev–Trinajstić information content (AvgIpc) is 3.33. The lowest BCUT2D eigenvalue weighted by molar-refractivity contribution is -0.136. The topological polar surface area (TPSA) is 97.6 Å². The van der Waals surface area contributed by atoms with E-state index in [1.54, 1.807) is 35.4 Å². The first kappa shape index (κ1) is 16.5. The van der Waals surface area contributed by atoms with Crippen LogP contribution in [0.2, 0.25) is 0 Å². The van der Waals surface area contributed by atoms with Crippen molar-refractivity contribution in [1.82, 2.24) is 14.8 Å². The van der Waals surface area contributed by atoms with Gasteiger partial charge in [0, 0.05) is 24.0 Å². The summed E-state index contributed by atoms with van der Waals surface area (Å²) >= 11 is 0. The summed E-state index contributed by atoms with van der Waals surface area (Å²) in [6.07, 6.45) is 4.10. The van der Waals surface area contributed by atoms with Crippen molar-refractivity contribution < 1.29 is 14.4 Å². The van der Waals surface area contributed by atoms with Gasteiger partial charge in [-0.2, -0.15) is 5.26 Å². The van der Waals surface area contributed by atoms with E-state index in [-0.39, 0.29) is 35.8 Å². The number of fused-ring (bicyclic) bond motifs is 6. The van der Waals surface area contributed by atoms with E-state index in [1.807, 2.05) is 4.90 Å². The second-order valence-corrected chi connectivity index (χ2v) is 8.17. The lowest BCUT2D eigenvalue weighted by Gasteiger charge is -2.35. The number of pyridine rings is 1. The molecule has 4 aliphatic rings. The van der Waals surface area contributed by atoms with Gasteiger partial charge in [-0.1, -0.05) is 0 Å². The summed E-state index contributed by atoms with van der Waals surface area (Å²) < 4.78 is 0. The van der Waals surface area contributed by atoms with Crippen molar-refractivity contribution in [3.8, 4) is 6.07 Å². The van der Waals surface area contributed by atoms with E-state index >= 15 is 0 Å². The summed E-state index contributed by atoms with van der Waals surface area (Å²) in [5.41, 5.74) is 1.30. The lowest BCUT2D eigenvalue weighted by Crippen LogP contribution is -2.55. The highest BCUT2D eigenvalue weighted by Gasteiger charge is 2.63. The number of carbonyl (C=O) groups is 3. The normalized spacial score (nSPS) is 27.7. The van der Waals surface area contributed by atoms with E-state index < -0.39 is 6.04 Å². The van der Waals surface area contributed by atoms with Gasteiger partial charge in [0.15, 0.2) is 0 Å². The number of hydrogen-bond donors (Lipinski definition) is 0. The summed E-state index contributed by atoms with van der Waals surface area (Å²) in [6.45, 7) is 0.513. The molecule has 3 aliphatic heterocycles. The Balaban J connectivity index is 1.41. The van der Waals surface area contributed by atoms with Crippen molar-refractivity contribution in [2.75, 3.05) is 11.4 Å². The predicted molar refractivity (Wildman–Crippen MR) is 102 cm³/mol. The Morgan fingerprint density at radius 1 is 1.21 bits per heavy atom. The number of amides is 4. The summed E-state index contributed by atoms with van der Waals surface area (Å²) in [5.74, 6) is -0.0748. The molecule has 2 aromatic rings. The smallest absolute Gasteiger partial charge is 0.332 e. The molecule has 1 aromatic heterocycles. The highest BCUT2D eigenvalue weighted by molar-refractivity contribution is 6.25. The van der Waals surface area contributed by atoms with Gasteiger partial charge in [0.2, 0.25) is 5.91 Å².